The van der Waals surface area contributed by atoms with E-state index in [1.165, 1.54) is 0 Å². The van der Waals surface area contributed by atoms with Crippen molar-refractivity contribution in [1.29, 1.82) is 0 Å². The van der Waals surface area contributed by atoms with Crippen molar-refractivity contribution in [3.63, 3.8) is 0 Å². The largest absolute Gasteiger partial charge is 0.823 e. The van der Waals surface area contributed by atoms with Crippen LogP contribution in [-0.2, 0) is 19.8 Å². The van der Waals surface area contributed by atoms with E-state index in [0.717, 1.165) is 22.3 Å². The first-order chi connectivity index (χ1) is 20.1. The van der Waals surface area contributed by atoms with E-state index in [1.54, 1.807) is 6.07 Å². The summed E-state index contributed by atoms with van der Waals surface area (Å²) in [6.45, 7) is 2.91. The van der Waals surface area contributed by atoms with Crippen LogP contribution in [0.5, 0.6) is 17.2 Å². The van der Waals surface area contributed by atoms with Crippen LogP contribution in [0.4, 0.5) is 0 Å². The van der Waals surface area contributed by atoms with Gasteiger partial charge in [0, 0.05) is 17.2 Å². The van der Waals surface area contributed by atoms with E-state index < -0.39 is 0 Å². The van der Waals surface area contributed by atoms with E-state index in [1.807, 2.05) is 122 Å². The molecule has 0 aliphatic carbocycles. The fourth-order valence-electron chi connectivity index (χ4n) is 4.24. The lowest BCUT2D eigenvalue weighted by Crippen LogP contribution is -2.20. The molecule has 0 amide bonds. The van der Waals surface area contributed by atoms with Gasteiger partial charge in [-0.3, -0.25) is 0 Å². The molecule has 206 valence electrons. The second-order valence-electron chi connectivity index (χ2n) is 9.44. The molecule has 0 N–H and O–H groups in total. The maximum Gasteiger partial charge on any atom is 0.139 e. The van der Waals surface area contributed by atoms with Gasteiger partial charge >= 0.3 is 0 Å². The molecule has 0 atom stereocenters. The van der Waals surface area contributed by atoms with E-state index >= 15 is 0 Å². The summed E-state index contributed by atoms with van der Waals surface area (Å²) >= 11 is 6.47. The van der Waals surface area contributed by atoms with Gasteiger partial charge < -0.3 is 19.3 Å². The third kappa shape index (κ3) is 7.77. The van der Waals surface area contributed by atoms with Crippen LogP contribution in [0.2, 0.25) is 5.02 Å². The molecule has 0 aromatic heterocycles. The monoisotopic (exact) mass is 579 g/mol. The number of aryl methyl sites for hydroxylation is 1. The van der Waals surface area contributed by atoms with Gasteiger partial charge in [0.05, 0.1) is 5.30 Å². The molecule has 0 radical (unpaired) electrons. The first kappa shape index (κ1) is 28.4. The molecule has 0 unspecified atom stereocenters. The zero-order chi connectivity index (χ0) is 28.4. The first-order valence-corrected chi connectivity index (χ1v) is 14.5. The second kappa shape index (κ2) is 14.0. The van der Waals surface area contributed by atoms with Crippen molar-refractivity contribution in [2.75, 3.05) is 0 Å². The molecule has 6 heteroatoms. The molecule has 41 heavy (non-hydrogen) atoms. The molecule has 4 nitrogen and oxygen atoms in total. The van der Waals surface area contributed by atoms with Crippen molar-refractivity contribution in [1.82, 2.24) is 0 Å². The lowest BCUT2D eigenvalue weighted by atomic mass is 10.1. The lowest BCUT2D eigenvalue weighted by Gasteiger charge is -2.21. The number of ether oxygens (including phenoxy) is 3. The predicted molar refractivity (Wildman–Crippen MR) is 166 cm³/mol. The minimum Gasteiger partial charge on any atom is -0.823 e. The van der Waals surface area contributed by atoms with Crippen molar-refractivity contribution in [2.45, 2.75) is 26.7 Å². The van der Waals surface area contributed by atoms with Crippen LogP contribution >= 0.6 is 19.8 Å². The summed E-state index contributed by atoms with van der Waals surface area (Å²) in [5.74, 6) is 1.62. The summed E-state index contributed by atoms with van der Waals surface area (Å²) < 4.78 is 18.9. The van der Waals surface area contributed by atoms with Crippen LogP contribution < -0.4 is 24.6 Å². The highest BCUT2D eigenvalue weighted by molar-refractivity contribution is 7.49. The fraction of sp³-hybridized carbons (Fsp3) is 0.114. The Kier molecular flexibility index (Phi) is 9.72. The number of benzene rings is 5. The van der Waals surface area contributed by atoms with Gasteiger partial charge in [0.25, 0.3) is 0 Å². The Labute approximate surface area is 247 Å². The summed E-state index contributed by atoms with van der Waals surface area (Å²) in [7, 11) is 0.383. The van der Waals surface area contributed by atoms with Crippen molar-refractivity contribution in [3.8, 4) is 17.2 Å². The molecule has 5 aromatic rings. The van der Waals surface area contributed by atoms with Crippen LogP contribution in [0.1, 0.15) is 27.8 Å². The van der Waals surface area contributed by atoms with E-state index in [2.05, 4.69) is 0 Å². The van der Waals surface area contributed by atoms with Crippen molar-refractivity contribution < 1.29 is 19.3 Å². The average molecular weight is 580 g/mol. The molecular weight excluding hydrogens is 551 g/mol. The third-order valence-electron chi connectivity index (χ3n) is 6.39. The molecule has 5 aromatic carbocycles. The van der Waals surface area contributed by atoms with Gasteiger partial charge in [-0.05, 0) is 40.8 Å². The number of hydrogen-bond donors (Lipinski definition) is 0. The van der Waals surface area contributed by atoms with Crippen molar-refractivity contribution in [3.05, 3.63) is 154 Å². The third-order valence-corrected chi connectivity index (χ3v) is 7.79. The van der Waals surface area contributed by atoms with Crippen molar-refractivity contribution >= 4 is 30.6 Å². The summed E-state index contributed by atoms with van der Waals surface area (Å²) in [6, 6.07) is 38.9. The highest BCUT2D eigenvalue weighted by atomic mass is 35.5. The minimum atomic E-state index is -0.139. The van der Waals surface area contributed by atoms with Crippen LogP contribution in [0.15, 0.2) is 121 Å². The molecule has 0 saturated heterocycles. The molecule has 0 saturated carbocycles. The van der Waals surface area contributed by atoms with E-state index in [9.17, 15) is 5.11 Å². The average Bonchev–Trinajstić information content (AvgIpc) is 3.00. The predicted octanol–water partition coefficient (Wildman–Crippen LogP) is 7.50. The maximum atomic E-state index is 13.7. The van der Waals surface area contributed by atoms with Gasteiger partial charge in [-0.15, -0.1) is 5.48 Å². The standard InChI is InChI=1S/C35H30ClO4P/c1-25-12-11-19-30(36)33(25)35(37)41-34-31(39-23-27-15-7-3-8-16-27)20-29(38-22-26-13-5-2-6-14-26)21-32(34)40-24-28-17-9-4-10-18-28/h2-21,37H,22-24H2,1H3/p-1. The second-order valence-corrected chi connectivity index (χ2v) is 10.9. The normalized spacial score (nSPS) is 11.2. The molecule has 0 spiro atoms. The van der Waals surface area contributed by atoms with Gasteiger partial charge in [0.15, 0.2) is 0 Å². The molecule has 0 aliphatic heterocycles. The topological polar surface area (TPSA) is 50.8 Å². The van der Waals surface area contributed by atoms with Crippen LogP contribution in [0.3, 0.4) is 0 Å². The van der Waals surface area contributed by atoms with Gasteiger partial charge in [0.2, 0.25) is 0 Å². The smallest absolute Gasteiger partial charge is 0.139 e. The van der Waals surface area contributed by atoms with E-state index in [4.69, 9.17) is 25.8 Å². The number of halogens is 1. The number of rotatable bonds is 11. The summed E-state index contributed by atoms with van der Waals surface area (Å²) in [4.78, 5) is 0. The Bertz CT molecular complexity index is 1520. The summed E-state index contributed by atoms with van der Waals surface area (Å²) in [6.07, 6.45) is 0. The van der Waals surface area contributed by atoms with Crippen molar-refractivity contribution in [2.24, 2.45) is 0 Å². The highest BCUT2D eigenvalue weighted by Crippen LogP contribution is 2.33. The Hall–Kier alpha value is -4.08. The molecule has 0 bridgehead atoms. The lowest BCUT2D eigenvalue weighted by molar-refractivity contribution is -0.207. The SMILES string of the molecule is Cc1cccc(Cl)c1C([O-])=Pc1c(OCc2ccccc2)cc(OCc2ccccc2)cc1OCc1ccccc1. The van der Waals surface area contributed by atoms with Crippen LogP contribution in [-0.4, -0.2) is 5.48 Å². The Morgan fingerprint density at radius 2 is 1.10 bits per heavy atom. The molecular formula is C35H29ClO4P-. The fourth-order valence-corrected chi connectivity index (χ4v) is 5.71. The summed E-state index contributed by atoms with van der Waals surface area (Å²) in [5.41, 5.74) is 4.22. The van der Waals surface area contributed by atoms with Crippen LogP contribution in [0.25, 0.3) is 0 Å². The molecule has 0 heterocycles. The molecule has 5 rings (SSSR count). The molecule has 0 aliphatic rings. The molecule has 0 fully saturated rings. The van der Waals surface area contributed by atoms with Crippen LogP contribution in [0, 0.1) is 6.92 Å². The highest BCUT2D eigenvalue weighted by Gasteiger charge is 2.16. The van der Waals surface area contributed by atoms with Gasteiger partial charge in [-0.2, -0.15) is 0 Å². The summed E-state index contributed by atoms with van der Waals surface area (Å²) in [5, 5.41) is 14.7. The minimum absolute atomic E-state index is 0.139. The van der Waals surface area contributed by atoms with Gasteiger partial charge in [-0.1, -0.05) is 123 Å². The zero-order valence-corrected chi connectivity index (χ0v) is 24.3. The van der Waals surface area contributed by atoms with Gasteiger partial charge in [0.1, 0.15) is 37.1 Å². The Balaban J connectivity index is 1.57. The Morgan fingerprint density at radius 3 is 1.56 bits per heavy atom. The van der Waals surface area contributed by atoms with E-state index in [0.29, 0.717) is 61.2 Å². The Morgan fingerprint density at radius 1 is 0.634 bits per heavy atom. The number of hydrogen-bond acceptors (Lipinski definition) is 4. The zero-order valence-electron chi connectivity index (χ0n) is 22.6. The first-order valence-electron chi connectivity index (χ1n) is 13.3. The van der Waals surface area contributed by atoms with E-state index in [-0.39, 0.29) is 5.48 Å². The maximum absolute atomic E-state index is 13.7. The quantitative estimate of drug-likeness (QED) is 0.152. The van der Waals surface area contributed by atoms with Gasteiger partial charge in [-0.25, -0.2) is 0 Å².